The van der Waals surface area contributed by atoms with Crippen molar-refractivity contribution in [3.8, 4) is 5.75 Å². The van der Waals surface area contributed by atoms with E-state index in [4.69, 9.17) is 4.74 Å². The molecule has 31 heavy (non-hydrogen) atoms. The summed E-state index contributed by atoms with van der Waals surface area (Å²) in [7, 11) is 0. The second-order valence-electron chi connectivity index (χ2n) is 7.83. The first kappa shape index (κ1) is 20.9. The largest absolute Gasteiger partial charge is 0.484 e. The number of ether oxygens (including phenoxy) is 1. The van der Waals surface area contributed by atoms with Gasteiger partial charge in [0.1, 0.15) is 17.6 Å². The average Bonchev–Trinajstić information content (AvgIpc) is 3.06. The van der Waals surface area contributed by atoms with Gasteiger partial charge in [0.05, 0.1) is 0 Å². The lowest BCUT2D eigenvalue weighted by molar-refractivity contribution is -0.141. The molecule has 2 aromatic carbocycles. The number of rotatable bonds is 7. The Labute approximate surface area is 179 Å². The van der Waals surface area contributed by atoms with Crippen molar-refractivity contribution in [1.29, 1.82) is 0 Å². The van der Waals surface area contributed by atoms with Gasteiger partial charge in [-0.25, -0.2) is 9.18 Å². The maximum absolute atomic E-state index is 14.0. The van der Waals surface area contributed by atoms with Gasteiger partial charge in [-0.05, 0) is 61.6 Å². The maximum atomic E-state index is 14.0. The highest BCUT2D eigenvalue weighted by Gasteiger charge is 2.30. The highest BCUT2D eigenvalue weighted by Crippen LogP contribution is 2.36. The van der Waals surface area contributed by atoms with Crippen LogP contribution in [-0.2, 0) is 22.4 Å². The fraction of sp³-hybridized carbons (Fsp3) is 0.333. The number of carboxylic acids is 1. The predicted octanol–water partition coefficient (Wildman–Crippen LogP) is 3.87. The molecule has 0 spiro atoms. The fourth-order valence-corrected chi connectivity index (χ4v) is 4.45. The summed E-state index contributed by atoms with van der Waals surface area (Å²) in [6, 6.07) is 12.8. The maximum Gasteiger partial charge on any atom is 0.326 e. The van der Waals surface area contributed by atoms with Gasteiger partial charge in [-0.2, -0.15) is 0 Å². The number of hydrogen-bond acceptors (Lipinski definition) is 3. The Hall–Kier alpha value is -3.35. The van der Waals surface area contributed by atoms with Gasteiger partial charge in [0.2, 0.25) is 0 Å². The van der Waals surface area contributed by atoms with Crippen molar-refractivity contribution in [1.82, 2.24) is 9.88 Å². The Morgan fingerprint density at radius 3 is 2.74 bits per heavy atom. The topological polar surface area (TPSA) is 80.6 Å². The molecule has 6 nitrogen and oxygen atoms in total. The Balaban J connectivity index is 1.56. The number of halogens is 1. The van der Waals surface area contributed by atoms with Crippen LogP contribution in [0.1, 0.15) is 37.1 Å². The van der Waals surface area contributed by atoms with Gasteiger partial charge in [-0.15, -0.1) is 0 Å². The molecule has 0 aliphatic heterocycles. The molecule has 3 aromatic rings. The quantitative estimate of drug-likeness (QED) is 0.603. The van der Waals surface area contributed by atoms with E-state index < -0.39 is 12.0 Å². The number of fused-ring (bicyclic) bond motifs is 3. The molecule has 2 unspecified atom stereocenters. The number of hydrogen-bond donors (Lipinski definition) is 2. The highest BCUT2D eigenvalue weighted by molar-refractivity contribution is 5.88. The molecular weight excluding hydrogens is 399 g/mol. The molecule has 0 saturated carbocycles. The van der Waals surface area contributed by atoms with Crippen molar-refractivity contribution in [2.45, 2.75) is 44.7 Å². The molecule has 2 atom stereocenters. The van der Waals surface area contributed by atoms with Crippen LogP contribution in [0.15, 0.2) is 48.5 Å². The van der Waals surface area contributed by atoms with E-state index >= 15 is 0 Å². The van der Waals surface area contributed by atoms with Crippen LogP contribution in [-0.4, -0.2) is 34.2 Å². The van der Waals surface area contributed by atoms with Crippen molar-refractivity contribution in [2.75, 3.05) is 6.61 Å². The third kappa shape index (κ3) is 4.26. The number of amides is 1. The van der Waals surface area contributed by atoms with Crippen LogP contribution in [0.3, 0.4) is 0 Å². The first-order valence-corrected chi connectivity index (χ1v) is 10.5. The van der Waals surface area contributed by atoms with E-state index in [9.17, 15) is 19.1 Å². The van der Waals surface area contributed by atoms with E-state index in [1.165, 1.54) is 12.1 Å². The molecule has 2 N–H and O–H groups in total. The van der Waals surface area contributed by atoms with Crippen LogP contribution in [0.25, 0.3) is 10.9 Å². The Bertz CT molecular complexity index is 1110. The molecule has 1 aliphatic carbocycles. The molecule has 1 amide bonds. The number of aromatic nitrogens is 1. The second kappa shape index (κ2) is 8.79. The lowest BCUT2D eigenvalue weighted by Gasteiger charge is -2.26. The molecule has 0 bridgehead atoms. The third-order valence-corrected chi connectivity index (χ3v) is 5.82. The number of nitrogens with zero attached hydrogens (tertiary/aromatic N) is 1. The van der Waals surface area contributed by atoms with E-state index in [0.29, 0.717) is 36.8 Å². The summed E-state index contributed by atoms with van der Waals surface area (Å²) >= 11 is 0. The zero-order valence-electron chi connectivity index (χ0n) is 17.3. The van der Waals surface area contributed by atoms with Gasteiger partial charge < -0.3 is 19.7 Å². The molecule has 7 heteroatoms. The summed E-state index contributed by atoms with van der Waals surface area (Å²) in [5, 5.41) is 13.4. The van der Waals surface area contributed by atoms with Gasteiger partial charge in [0.25, 0.3) is 5.91 Å². The van der Waals surface area contributed by atoms with Crippen LogP contribution in [0, 0.1) is 5.82 Å². The number of para-hydroxylation sites is 1. The van der Waals surface area contributed by atoms with Crippen LogP contribution in [0.5, 0.6) is 5.75 Å². The van der Waals surface area contributed by atoms with E-state index in [0.717, 1.165) is 16.8 Å². The van der Waals surface area contributed by atoms with Gasteiger partial charge in [0, 0.05) is 22.6 Å². The van der Waals surface area contributed by atoms with Gasteiger partial charge in [-0.3, -0.25) is 4.79 Å². The van der Waals surface area contributed by atoms with Crippen molar-refractivity contribution in [2.24, 2.45) is 0 Å². The summed E-state index contributed by atoms with van der Waals surface area (Å²) in [5.74, 6) is -0.858. The van der Waals surface area contributed by atoms with E-state index in [-0.39, 0.29) is 24.4 Å². The van der Waals surface area contributed by atoms with E-state index in [1.807, 2.05) is 29.7 Å². The summed E-state index contributed by atoms with van der Waals surface area (Å²) in [5.41, 5.74) is 2.55. The summed E-state index contributed by atoms with van der Waals surface area (Å²) in [6.07, 6.45) is 2.24. The zero-order chi connectivity index (χ0) is 22.0. The predicted molar refractivity (Wildman–Crippen MR) is 115 cm³/mol. The SMILES string of the molecule is CCC(C(=O)O)n1c2c(c3cc(F)ccc31)CC(NC(=O)COc1ccccc1)CC2. The van der Waals surface area contributed by atoms with Crippen LogP contribution in [0.4, 0.5) is 4.39 Å². The Morgan fingerprint density at radius 2 is 2.03 bits per heavy atom. The van der Waals surface area contributed by atoms with Crippen LogP contribution >= 0.6 is 0 Å². The Kier molecular flexibility index (Phi) is 5.93. The first-order chi connectivity index (χ1) is 15.0. The van der Waals surface area contributed by atoms with Gasteiger partial charge >= 0.3 is 5.97 Å². The van der Waals surface area contributed by atoms with Crippen molar-refractivity contribution >= 4 is 22.8 Å². The standard InChI is InChI=1S/C24H25FN2O4/c1-2-20(24(29)30)27-21-10-8-15(25)12-18(21)19-13-16(9-11-22(19)27)26-23(28)14-31-17-6-4-3-5-7-17/h3-8,10,12,16,20H,2,9,11,13-14H2,1H3,(H,26,28)(H,29,30). The summed E-state index contributed by atoms with van der Waals surface area (Å²) < 4.78 is 21.4. The molecule has 1 heterocycles. The lowest BCUT2D eigenvalue weighted by atomic mass is 9.91. The number of carbonyl (C=O) groups excluding carboxylic acids is 1. The van der Waals surface area contributed by atoms with Gasteiger partial charge in [0.15, 0.2) is 6.61 Å². The number of benzene rings is 2. The monoisotopic (exact) mass is 424 g/mol. The smallest absolute Gasteiger partial charge is 0.326 e. The number of nitrogens with one attached hydrogen (secondary N) is 1. The molecule has 1 aromatic heterocycles. The average molecular weight is 424 g/mol. The minimum Gasteiger partial charge on any atom is -0.484 e. The number of aliphatic carboxylic acids is 1. The molecule has 0 fully saturated rings. The lowest BCUT2D eigenvalue weighted by Crippen LogP contribution is -2.41. The number of carboxylic acid groups (broad SMARTS) is 1. The summed E-state index contributed by atoms with van der Waals surface area (Å²) in [6.45, 7) is 1.75. The molecule has 4 rings (SSSR count). The number of carbonyl (C=O) groups is 2. The Morgan fingerprint density at radius 1 is 1.26 bits per heavy atom. The summed E-state index contributed by atoms with van der Waals surface area (Å²) in [4.78, 5) is 24.2. The minimum absolute atomic E-state index is 0.0827. The molecule has 0 radical (unpaired) electrons. The van der Waals surface area contributed by atoms with Crippen molar-refractivity contribution < 1.29 is 23.8 Å². The third-order valence-electron chi connectivity index (χ3n) is 5.82. The van der Waals surface area contributed by atoms with Crippen molar-refractivity contribution in [3.63, 3.8) is 0 Å². The molecule has 1 aliphatic rings. The highest BCUT2D eigenvalue weighted by atomic mass is 19.1. The van der Waals surface area contributed by atoms with Crippen molar-refractivity contribution in [3.05, 3.63) is 65.6 Å². The van der Waals surface area contributed by atoms with E-state index in [1.54, 1.807) is 18.2 Å². The molecule has 0 saturated heterocycles. The minimum atomic E-state index is -0.903. The molecule has 162 valence electrons. The normalized spacial score (nSPS) is 16.5. The van der Waals surface area contributed by atoms with E-state index in [2.05, 4.69) is 5.32 Å². The van der Waals surface area contributed by atoms with Gasteiger partial charge in [-0.1, -0.05) is 25.1 Å². The molecular formula is C24H25FN2O4. The van der Waals surface area contributed by atoms with Crippen LogP contribution in [0.2, 0.25) is 0 Å². The van der Waals surface area contributed by atoms with Crippen LogP contribution < -0.4 is 10.1 Å². The fourth-order valence-electron chi connectivity index (χ4n) is 4.45. The zero-order valence-corrected chi connectivity index (χ0v) is 17.3. The first-order valence-electron chi connectivity index (χ1n) is 10.5. The second-order valence-corrected chi connectivity index (χ2v) is 7.83.